The van der Waals surface area contributed by atoms with Crippen LogP contribution in [0.25, 0.3) is 0 Å². The molecule has 0 spiro atoms. The second-order valence-corrected chi connectivity index (χ2v) is 12.0. The van der Waals surface area contributed by atoms with Crippen LogP contribution in [-0.2, 0) is 19.4 Å². The molecule has 0 radical (unpaired) electrons. The smallest absolute Gasteiger partial charge is 0.262 e. The molecule has 1 aliphatic heterocycles. The van der Waals surface area contributed by atoms with Gasteiger partial charge in [-0.3, -0.25) is 14.4 Å². The third kappa shape index (κ3) is 6.40. The van der Waals surface area contributed by atoms with E-state index in [0.717, 1.165) is 22.5 Å². The molecule has 1 saturated heterocycles. The SMILES string of the molecule is Cc1ccc(OCC(=O)N2CCN(C(=O)[C@H](NC(=O)c3cccs3)S(=O)(=O)c3ccc(C)cc3)CC2)cc1. The molecule has 2 aromatic carbocycles. The average Bonchev–Trinajstić information content (AvgIpc) is 3.46. The molecule has 1 N–H and O–H groups in total. The molecule has 200 valence electrons. The molecule has 11 heteroatoms. The van der Waals surface area contributed by atoms with Gasteiger partial charge in [-0.1, -0.05) is 41.5 Å². The zero-order valence-electron chi connectivity index (χ0n) is 21.1. The van der Waals surface area contributed by atoms with Crippen LogP contribution >= 0.6 is 11.3 Å². The monoisotopic (exact) mass is 555 g/mol. The quantitative estimate of drug-likeness (QED) is 0.457. The number of aryl methyl sites for hydroxylation is 2. The molecule has 1 atom stereocenters. The van der Waals surface area contributed by atoms with E-state index in [-0.39, 0.29) is 43.6 Å². The lowest BCUT2D eigenvalue weighted by Gasteiger charge is -2.36. The van der Waals surface area contributed by atoms with Crippen LogP contribution in [0, 0.1) is 13.8 Å². The van der Waals surface area contributed by atoms with Crippen LogP contribution in [0.3, 0.4) is 0 Å². The number of benzene rings is 2. The number of amides is 3. The Hall–Kier alpha value is -3.70. The van der Waals surface area contributed by atoms with Crippen molar-refractivity contribution in [2.75, 3.05) is 32.8 Å². The molecule has 3 aromatic rings. The number of carbonyl (C=O) groups is 3. The van der Waals surface area contributed by atoms with Crippen molar-refractivity contribution in [2.24, 2.45) is 0 Å². The summed E-state index contributed by atoms with van der Waals surface area (Å²) in [6, 6.07) is 16.7. The number of carbonyl (C=O) groups excluding carboxylic acids is 3. The van der Waals surface area contributed by atoms with Gasteiger partial charge >= 0.3 is 0 Å². The maximum Gasteiger partial charge on any atom is 0.262 e. The highest BCUT2D eigenvalue weighted by Gasteiger charge is 2.39. The van der Waals surface area contributed by atoms with E-state index in [2.05, 4.69) is 5.32 Å². The Morgan fingerprint density at radius 2 is 1.47 bits per heavy atom. The van der Waals surface area contributed by atoms with E-state index in [9.17, 15) is 22.8 Å². The molecule has 9 nitrogen and oxygen atoms in total. The molecular formula is C27H29N3O6S2. The molecule has 0 saturated carbocycles. The van der Waals surface area contributed by atoms with Crippen molar-refractivity contribution in [2.45, 2.75) is 24.1 Å². The van der Waals surface area contributed by atoms with Crippen LogP contribution in [0.4, 0.5) is 0 Å². The van der Waals surface area contributed by atoms with Gasteiger partial charge in [-0.05, 0) is 49.6 Å². The van der Waals surface area contributed by atoms with Gasteiger partial charge in [0, 0.05) is 26.2 Å². The fourth-order valence-corrected chi connectivity index (χ4v) is 6.04. The Bertz CT molecular complexity index is 1380. The van der Waals surface area contributed by atoms with E-state index >= 15 is 0 Å². The van der Waals surface area contributed by atoms with Crippen molar-refractivity contribution in [3.05, 3.63) is 82.0 Å². The summed E-state index contributed by atoms with van der Waals surface area (Å²) in [5.41, 5.74) is 1.94. The summed E-state index contributed by atoms with van der Waals surface area (Å²) in [4.78, 5) is 42.1. The van der Waals surface area contributed by atoms with Gasteiger partial charge in [0.1, 0.15) is 5.75 Å². The van der Waals surface area contributed by atoms with Crippen molar-refractivity contribution < 1.29 is 27.5 Å². The lowest BCUT2D eigenvalue weighted by Crippen LogP contribution is -2.58. The van der Waals surface area contributed by atoms with Crippen LogP contribution in [0.2, 0.25) is 0 Å². The van der Waals surface area contributed by atoms with Crippen molar-refractivity contribution in [1.29, 1.82) is 0 Å². The molecule has 4 rings (SSSR count). The minimum Gasteiger partial charge on any atom is -0.484 e. The predicted octanol–water partition coefficient (Wildman–Crippen LogP) is 2.64. The number of nitrogens with one attached hydrogen (secondary N) is 1. The predicted molar refractivity (Wildman–Crippen MR) is 144 cm³/mol. The van der Waals surface area contributed by atoms with E-state index in [0.29, 0.717) is 10.6 Å². The lowest BCUT2D eigenvalue weighted by atomic mass is 10.2. The number of nitrogens with zero attached hydrogens (tertiary/aromatic N) is 2. The second-order valence-electron chi connectivity index (χ2n) is 9.00. The summed E-state index contributed by atoms with van der Waals surface area (Å²) < 4.78 is 32.6. The Morgan fingerprint density at radius 3 is 2.05 bits per heavy atom. The fourth-order valence-electron chi connectivity index (χ4n) is 3.95. The number of sulfone groups is 1. The first kappa shape index (κ1) is 27.3. The van der Waals surface area contributed by atoms with Gasteiger partial charge in [0.05, 0.1) is 9.77 Å². The van der Waals surface area contributed by atoms with Crippen LogP contribution < -0.4 is 10.1 Å². The largest absolute Gasteiger partial charge is 0.484 e. The van der Waals surface area contributed by atoms with Gasteiger partial charge in [-0.15, -0.1) is 11.3 Å². The molecule has 1 aliphatic rings. The van der Waals surface area contributed by atoms with Crippen LogP contribution in [-0.4, -0.2) is 74.1 Å². The van der Waals surface area contributed by atoms with Crippen molar-refractivity contribution >= 4 is 38.9 Å². The van der Waals surface area contributed by atoms with Gasteiger partial charge in [0.15, 0.2) is 6.61 Å². The van der Waals surface area contributed by atoms with Gasteiger partial charge in [-0.2, -0.15) is 0 Å². The van der Waals surface area contributed by atoms with Crippen LogP contribution in [0.1, 0.15) is 20.8 Å². The third-order valence-corrected chi connectivity index (χ3v) is 8.96. The minimum atomic E-state index is -4.24. The van der Waals surface area contributed by atoms with E-state index in [1.165, 1.54) is 17.0 Å². The topological polar surface area (TPSA) is 113 Å². The van der Waals surface area contributed by atoms with E-state index in [4.69, 9.17) is 4.74 Å². The lowest BCUT2D eigenvalue weighted by molar-refractivity contribution is -0.140. The summed E-state index contributed by atoms with van der Waals surface area (Å²) in [7, 11) is -4.24. The minimum absolute atomic E-state index is 0.0602. The molecule has 3 amide bonds. The number of rotatable bonds is 8. The molecule has 2 heterocycles. The number of hydrogen-bond donors (Lipinski definition) is 1. The highest BCUT2D eigenvalue weighted by molar-refractivity contribution is 7.92. The number of piperazine rings is 1. The Kier molecular flexibility index (Phi) is 8.48. The third-order valence-electron chi connectivity index (χ3n) is 6.22. The summed E-state index contributed by atoms with van der Waals surface area (Å²) in [6.45, 7) is 4.34. The first-order chi connectivity index (χ1) is 18.1. The standard InChI is InChI=1S/C27H29N3O6S2/c1-19-5-9-21(10-6-19)36-18-24(31)29-13-15-30(16-14-29)27(33)26(28-25(32)23-4-3-17-37-23)38(34,35)22-11-7-20(2)8-12-22/h3-12,17,26H,13-16,18H2,1-2H3,(H,28,32)/t26-/m1/s1. The van der Waals surface area contributed by atoms with Crippen molar-refractivity contribution in [1.82, 2.24) is 15.1 Å². The molecule has 1 fully saturated rings. The Labute approximate surface area is 225 Å². The normalized spacial score (nSPS) is 14.6. The highest BCUT2D eigenvalue weighted by Crippen LogP contribution is 2.20. The molecule has 0 bridgehead atoms. The zero-order chi connectivity index (χ0) is 27.3. The van der Waals surface area contributed by atoms with Crippen LogP contribution in [0.15, 0.2) is 70.9 Å². The number of ether oxygens (including phenoxy) is 1. The van der Waals surface area contributed by atoms with Gasteiger partial charge in [0.25, 0.3) is 17.7 Å². The summed E-state index contributed by atoms with van der Waals surface area (Å²) in [5.74, 6) is -1.02. The Morgan fingerprint density at radius 1 is 0.895 bits per heavy atom. The van der Waals surface area contributed by atoms with Gasteiger partial charge < -0.3 is 19.9 Å². The summed E-state index contributed by atoms with van der Waals surface area (Å²) in [6.07, 6.45) is 0. The first-order valence-corrected chi connectivity index (χ1v) is 14.5. The average molecular weight is 556 g/mol. The van der Waals surface area contributed by atoms with Crippen molar-refractivity contribution in [3.8, 4) is 5.75 Å². The molecule has 1 aromatic heterocycles. The summed E-state index contributed by atoms with van der Waals surface area (Å²) >= 11 is 1.15. The molecular weight excluding hydrogens is 526 g/mol. The Balaban J connectivity index is 1.44. The molecule has 0 unspecified atom stereocenters. The zero-order valence-corrected chi connectivity index (χ0v) is 22.8. The summed E-state index contributed by atoms with van der Waals surface area (Å²) in [5, 5.41) is 2.33. The fraction of sp³-hybridized carbons (Fsp3) is 0.296. The van der Waals surface area contributed by atoms with Gasteiger partial charge in [0.2, 0.25) is 15.2 Å². The van der Waals surface area contributed by atoms with E-state index in [1.807, 2.05) is 26.0 Å². The first-order valence-electron chi connectivity index (χ1n) is 12.1. The molecule has 0 aliphatic carbocycles. The van der Waals surface area contributed by atoms with E-state index in [1.54, 1.807) is 46.7 Å². The highest BCUT2D eigenvalue weighted by atomic mass is 32.2. The van der Waals surface area contributed by atoms with E-state index < -0.39 is 27.0 Å². The maximum atomic E-state index is 13.5. The van der Waals surface area contributed by atoms with Crippen molar-refractivity contribution in [3.63, 3.8) is 0 Å². The molecule has 38 heavy (non-hydrogen) atoms. The van der Waals surface area contributed by atoms with Gasteiger partial charge in [-0.25, -0.2) is 8.42 Å². The van der Waals surface area contributed by atoms with Crippen LogP contribution in [0.5, 0.6) is 5.75 Å². The maximum absolute atomic E-state index is 13.5. The second kappa shape index (κ2) is 11.8. The number of thiophene rings is 1. The number of hydrogen-bond acceptors (Lipinski definition) is 7.